The minimum atomic E-state index is -0.909. The molecule has 1 aromatic rings. The fourth-order valence-electron chi connectivity index (χ4n) is 2.17. The molecule has 0 radical (unpaired) electrons. The molecule has 0 atom stereocenters. The Morgan fingerprint density at radius 3 is 2.28 bits per heavy atom. The van der Waals surface area contributed by atoms with Crippen molar-refractivity contribution < 1.29 is 9.90 Å². The lowest BCUT2D eigenvalue weighted by atomic mass is 10.3. The van der Waals surface area contributed by atoms with Gasteiger partial charge in [-0.3, -0.25) is 0 Å². The Hall–Kier alpha value is -1.10. The molecule has 2 aliphatic carbocycles. The third-order valence-corrected chi connectivity index (χ3v) is 4.64. The number of hydrogen-bond acceptors (Lipinski definition) is 4. The first-order valence-electron chi connectivity index (χ1n) is 6.59. The Labute approximate surface area is 111 Å². The molecule has 0 saturated heterocycles. The molecule has 0 spiro atoms. The van der Waals surface area contributed by atoms with E-state index in [0.717, 1.165) is 34.9 Å². The number of aromatic nitrogens is 1. The van der Waals surface area contributed by atoms with Gasteiger partial charge in [0.2, 0.25) is 0 Å². The van der Waals surface area contributed by atoms with Gasteiger partial charge in [-0.25, -0.2) is 9.78 Å². The number of hydrogen-bond donors (Lipinski definition) is 1. The number of thiazole rings is 1. The summed E-state index contributed by atoms with van der Waals surface area (Å²) in [5.74, 6) is 0.704. The number of carbonyl (C=O) groups is 1. The van der Waals surface area contributed by atoms with Crippen LogP contribution in [0.15, 0.2) is 0 Å². The summed E-state index contributed by atoms with van der Waals surface area (Å²) in [5, 5.41) is 9.98. The zero-order valence-electron chi connectivity index (χ0n) is 10.6. The van der Waals surface area contributed by atoms with Crippen LogP contribution in [0.1, 0.15) is 41.0 Å². The molecule has 1 N–H and O–H groups in total. The third-order valence-electron chi connectivity index (χ3n) is 3.61. The zero-order chi connectivity index (χ0) is 12.7. The summed E-state index contributed by atoms with van der Waals surface area (Å²) in [6.45, 7) is 3.96. The monoisotopic (exact) mass is 266 g/mol. The van der Waals surface area contributed by atoms with Crippen molar-refractivity contribution >= 4 is 22.4 Å². The topological polar surface area (TPSA) is 53.4 Å². The molecule has 3 rings (SSSR count). The molecular formula is C13H18N2O2S. The minimum Gasteiger partial charge on any atom is -0.476 e. The Bertz CT molecular complexity index is 450. The summed E-state index contributed by atoms with van der Waals surface area (Å²) < 4.78 is 0. The van der Waals surface area contributed by atoms with Crippen LogP contribution in [-0.4, -0.2) is 29.1 Å². The van der Waals surface area contributed by atoms with Gasteiger partial charge in [0.25, 0.3) is 0 Å². The zero-order valence-corrected chi connectivity index (χ0v) is 11.4. The molecular weight excluding hydrogens is 248 g/mol. The largest absolute Gasteiger partial charge is 0.476 e. The fourth-order valence-corrected chi connectivity index (χ4v) is 3.09. The van der Waals surface area contributed by atoms with Gasteiger partial charge in [0.1, 0.15) is 0 Å². The molecule has 2 fully saturated rings. The number of anilines is 1. The van der Waals surface area contributed by atoms with E-state index in [1.807, 2.05) is 6.92 Å². The van der Waals surface area contributed by atoms with Crippen LogP contribution in [0.3, 0.4) is 0 Å². The first kappa shape index (κ1) is 12.0. The lowest BCUT2D eigenvalue weighted by Gasteiger charge is -2.21. The van der Waals surface area contributed by atoms with Crippen LogP contribution in [-0.2, 0) is 0 Å². The van der Waals surface area contributed by atoms with Crippen LogP contribution in [0, 0.1) is 18.8 Å². The lowest BCUT2D eigenvalue weighted by molar-refractivity contribution is 0.0690. The molecule has 0 amide bonds. The average Bonchev–Trinajstić information content (AvgIpc) is 3.21. The Morgan fingerprint density at radius 1 is 1.33 bits per heavy atom. The summed E-state index contributed by atoms with van der Waals surface area (Å²) in [6, 6.07) is 0. The van der Waals surface area contributed by atoms with E-state index in [-0.39, 0.29) is 5.69 Å². The molecule has 18 heavy (non-hydrogen) atoms. The van der Waals surface area contributed by atoms with Crippen molar-refractivity contribution in [3.63, 3.8) is 0 Å². The second-order valence-corrected chi connectivity index (χ2v) is 6.68. The molecule has 98 valence electrons. The highest BCUT2D eigenvalue weighted by Gasteiger charge is 2.31. The summed E-state index contributed by atoms with van der Waals surface area (Å²) >= 11 is 1.52. The highest BCUT2D eigenvalue weighted by Crippen LogP contribution is 2.37. The van der Waals surface area contributed by atoms with Crippen molar-refractivity contribution in [1.29, 1.82) is 0 Å². The molecule has 0 bridgehead atoms. The van der Waals surface area contributed by atoms with E-state index in [1.165, 1.54) is 37.0 Å². The number of carboxylic acids is 1. The third kappa shape index (κ3) is 2.66. The van der Waals surface area contributed by atoms with Crippen molar-refractivity contribution in [2.45, 2.75) is 32.6 Å². The Morgan fingerprint density at radius 2 is 1.89 bits per heavy atom. The van der Waals surface area contributed by atoms with E-state index in [4.69, 9.17) is 5.11 Å². The molecule has 2 saturated carbocycles. The van der Waals surface area contributed by atoms with Crippen LogP contribution in [0.25, 0.3) is 0 Å². The van der Waals surface area contributed by atoms with E-state index in [1.54, 1.807) is 0 Å². The highest BCUT2D eigenvalue weighted by atomic mass is 32.1. The van der Waals surface area contributed by atoms with E-state index in [0.29, 0.717) is 0 Å². The fraction of sp³-hybridized carbons (Fsp3) is 0.692. The van der Waals surface area contributed by atoms with Crippen LogP contribution in [0.4, 0.5) is 5.13 Å². The van der Waals surface area contributed by atoms with Crippen LogP contribution in [0.5, 0.6) is 0 Å². The maximum Gasteiger partial charge on any atom is 0.355 e. The summed E-state index contributed by atoms with van der Waals surface area (Å²) in [5.41, 5.74) is 0.228. The van der Waals surface area contributed by atoms with Crippen molar-refractivity contribution in [1.82, 2.24) is 4.98 Å². The van der Waals surface area contributed by atoms with Gasteiger partial charge in [0.15, 0.2) is 10.8 Å². The van der Waals surface area contributed by atoms with Gasteiger partial charge in [-0.1, -0.05) is 0 Å². The summed E-state index contributed by atoms with van der Waals surface area (Å²) in [6.07, 6.45) is 5.27. The van der Waals surface area contributed by atoms with E-state index >= 15 is 0 Å². The van der Waals surface area contributed by atoms with Crippen molar-refractivity contribution in [3.8, 4) is 0 Å². The number of rotatable bonds is 6. The number of nitrogens with zero attached hydrogens (tertiary/aromatic N) is 2. The number of aryl methyl sites for hydroxylation is 1. The van der Waals surface area contributed by atoms with E-state index in [2.05, 4.69) is 9.88 Å². The normalized spacial score (nSPS) is 18.9. The van der Waals surface area contributed by atoms with Gasteiger partial charge in [-0.05, 0) is 44.4 Å². The molecule has 1 aromatic heterocycles. The SMILES string of the molecule is Cc1sc(N(CC2CC2)CC2CC2)nc1C(=O)O. The lowest BCUT2D eigenvalue weighted by Crippen LogP contribution is -2.28. The minimum absolute atomic E-state index is 0.228. The van der Waals surface area contributed by atoms with Gasteiger partial charge >= 0.3 is 5.97 Å². The second kappa shape index (κ2) is 4.53. The Kier molecular flexibility index (Phi) is 3.01. The van der Waals surface area contributed by atoms with Gasteiger partial charge in [-0.15, -0.1) is 11.3 Å². The predicted molar refractivity (Wildman–Crippen MR) is 71.5 cm³/mol. The molecule has 4 nitrogen and oxygen atoms in total. The van der Waals surface area contributed by atoms with E-state index < -0.39 is 5.97 Å². The van der Waals surface area contributed by atoms with Gasteiger partial charge in [-0.2, -0.15) is 0 Å². The molecule has 2 aliphatic rings. The number of carboxylic acid groups (broad SMARTS) is 1. The quantitative estimate of drug-likeness (QED) is 0.860. The van der Waals surface area contributed by atoms with Crippen molar-refractivity contribution in [3.05, 3.63) is 10.6 Å². The number of aromatic carboxylic acids is 1. The average molecular weight is 266 g/mol. The standard InChI is InChI=1S/C13H18N2O2S/c1-8-11(12(16)17)14-13(18-8)15(6-9-2-3-9)7-10-4-5-10/h9-10H,2-7H2,1H3,(H,16,17). The van der Waals surface area contributed by atoms with Crippen LogP contribution < -0.4 is 4.90 Å². The van der Waals surface area contributed by atoms with Crippen LogP contribution in [0.2, 0.25) is 0 Å². The van der Waals surface area contributed by atoms with Gasteiger partial charge < -0.3 is 10.0 Å². The van der Waals surface area contributed by atoms with Gasteiger partial charge in [0, 0.05) is 18.0 Å². The molecule has 5 heteroatoms. The van der Waals surface area contributed by atoms with Crippen molar-refractivity contribution in [2.75, 3.05) is 18.0 Å². The molecule has 0 aromatic carbocycles. The maximum atomic E-state index is 11.1. The Balaban J connectivity index is 1.78. The molecule has 0 unspecified atom stereocenters. The van der Waals surface area contributed by atoms with E-state index in [9.17, 15) is 4.79 Å². The maximum absolute atomic E-state index is 11.1. The highest BCUT2D eigenvalue weighted by molar-refractivity contribution is 7.15. The smallest absolute Gasteiger partial charge is 0.355 e. The summed E-state index contributed by atoms with van der Waals surface area (Å²) in [4.78, 5) is 18.5. The molecule has 0 aliphatic heterocycles. The second-order valence-electron chi connectivity index (χ2n) is 5.50. The first-order chi connectivity index (χ1) is 8.63. The van der Waals surface area contributed by atoms with Crippen LogP contribution >= 0.6 is 11.3 Å². The van der Waals surface area contributed by atoms with Gasteiger partial charge in [0.05, 0.1) is 0 Å². The molecule has 1 heterocycles. The predicted octanol–water partition coefficient (Wildman–Crippen LogP) is 2.78. The summed E-state index contributed by atoms with van der Waals surface area (Å²) in [7, 11) is 0. The first-order valence-corrected chi connectivity index (χ1v) is 7.41. The van der Waals surface area contributed by atoms with Crippen molar-refractivity contribution in [2.24, 2.45) is 11.8 Å².